The van der Waals surface area contributed by atoms with Crippen LogP contribution in [0.15, 0.2) is 23.5 Å². The third-order valence-corrected chi connectivity index (χ3v) is 5.49. The van der Waals surface area contributed by atoms with Crippen LogP contribution in [0.5, 0.6) is 0 Å². The molecule has 0 atom stereocenters. The van der Waals surface area contributed by atoms with E-state index >= 15 is 0 Å². The Morgan fingerprint density at radius 3 is 2.70 bits per heavy atom. The van der Waals surface area contributed by atoms with Gasteiger partial charge in [0.1, 0.15) is 5.31 Å². The topological polar surface area (TPSA) is 9.23 Å². The number of hydrogen-bond donors (Lipinski definition) is 2. The molecular weight excluding hydrogens is 183 g/mol. The Labute approximate surface area is 72.3 Å². The zero-order chi connectivity index (χ0) is 7.61. The number of thiol groups is 2. The van der Waals surface area contributed by atoms with E-state index in [0.29, 0.717) is 0 Å². The van der Waals surface area contributed by atoms with Gasteiger partial charge in [-0.25, -0.2) is 4.52 Å². The first-order valence-corrected chi connectivity index (χ1v) is 6.94. The van der Waals surface area contributed by atoms with Crippen molar-refractivity contribution < 1.29 is 4.52 Å². The minimum Gasteiger partial charge on any atom is -0.212 e. The van der Waals surface area contributed by atoms with Crippen LogP contribution in [0.4, 0.5) is 0 Å². The molecule has 0 aliphatic heterocycles. The molecule has 10 heavy (non-hydrogen) atoms. The lowest BCUT2D eigenvalue weighted by Gasteiger charge is -2.09. The van der Waals surface area contributed by atoms with E-state index in [2.05, 4.69) is 30.6 Å². The lowest BCUT2D eigenvalue weighted by molar-refractivity contribution is 0.472. The fourth-order valence-electron chi connectivity index (χ4n) is 0.769. The van der Waals surface area contributed by atoms with E-state index in [1.54, 1.807) is 7.11 Å². The van der Waals surface area contributed by atoms with Crippen LogP contribution >= 0.6 is 30.4 Å². The number of rotatable bonds is 2. The predicted molar refractivity (Wildman–Crippen MR) is 53.7 cm³/mol. The molecule has 0 aromatic carbocycles. The predicted octanol–water partition coefficient (Wildman–Crippen LogP) is 3.10. The number of allylic oxidation sites excluding steroid dienone is 4. The fraction of sp³-hybridized carbons (Fsp3) is 0.333. The van der Waals surface area contributed by atoms with Crippen LogP contribution in [0.1, 0.15) is 6.42 Å². The molecule has 0 aromatic rings. The van der Waals surface area contributed by atoms with Crippen LogP contribution in [0, 0.1) is 0 Å². The molecule has 0 heterocycles. The van der Waals surface area contributed by atoms with E-state index in [-0.39, 0.29) is 0 Å². The second-order valence-electron chi connectivity index (χ2n) is 2.02. The van der Waals surface area contributed by atoms with Crippen LogP contribution in [0.2, 0.25) is 0 Å². The summed E-state index contributed by atoms with van der Waals surface area (Å²) in [7, 11) is 1.65. The molecule has 0 N–H and O–H groups in total. The third-order valence-electron chi connectivity index (χ3n) is 1.38. The molecule has 0 bridgehead atoms. The first kappa shape index (κ1) is 8.66. The standard InChI is InChI=1S/C6H10OPS2/c1-7-8(9,10)6-4-2-3-5-6/h2-4,9-10H,5H2,1H3/q+1. The summed E-state index contributed by atoms with van der Waals surface area (Å²) in [5.74, 6) is -1.78. The molecule has 0 spiro atoms. The Morgan fingerprint density at radius 2 is 2.30 bits per heavy atom. The Kier molecular flexibility index (Phi) is 2.87. The summed E-state index contributed by atoms with van der Waals surface area (Å²) in [6, 6.07) is 0. The van der Waals surface area contributed by atoms with Gasteiger partial charge in [0.05, 0.1) is 31.6 Å². The summed E-state index contributed by atoms with van der Waals surface area (Å²) >= 11 is 8.65. The fourth-order valence-corrected chi connectivity index (χ4v) is 2.52. The van der Waals surface area contributed by atoms with Gasteiger partial charge < -0.3 is 0 Å². The first-order chi connectivity index (χ1) is 4.67. The summed E-state index contributed by atoms with van der Waals surface area (Å²) in [6.45, 7) is 0. The van der Waals surface area contributed by atoms with Crippen LogP contribution < -0.4 is 0 Å². The average molecular weight is 193 g/mol. The Morgan fingerprint density at radius 1 is 1.60 bits per heavy atom. The molecular formula is C6H10OPS2+. The van der Waals surface area contributed by atoms with E-state index < -0.39 is 5.89 Å². The maximum Gasteiger partial charge on any atom is 0.284 e. The molecule has 1 rings (SSSR count). The minimum atomic E-state index is -1.78. The Bertz CT molecular complexity index is 186. The molecule has 0 amide bonds. The van der Waals surface area contributed by atoms with E-state index in [9.17, 15) is 0 Å². The van der Waals surface area contributed by atoms with Gasteiger partial charge in [-0.15, -0.1) is 0 Å². The molecule has 56 valence electrons. The highest BCUT2D eigenvalue weighted by Gasteiger charge is 2.36. The van der Waals surface area contributed by atoms with Crippen LogP contribution in [-0.4, -0.2) is 7.11 Å². The van der Waals surface area contributed by atoms with Gasteiger partial charge >= 0.3 is 0 Å². The molecule has 1 nitrogen and oxygen atoms in total. The van der Waals surface area contributed by atoms with Crippen molar-refractivity contribution in [2.45, 2.75) is 6.42 Å². The SMILES string of the molecule is CO[P+](S)(S)C1=CC=CC1. The smallest absolute Gasteiger partial charge is 0.212 e. The minimum absolute atomic E-state index is 0.939. The van der Waals surface area contributed by atoms with E-state index in [1.807, 2.05) is 12.2 Å². The van der Waals surface area contributed by atoms with E-state index in [0.717, 1.165) is 6.42 Å². The van der Waals surface area contributed by atoms with Gasteiger partial charge in [-0.3, -0.25) is 0 Å². The summed E-state index contributed by atoms with van der Waals surface area (Å²) in [6.07, 6.45) is 7.05. The summed E-state index contributed by atoms with van der Waals surface area (Å²) in [5.41, 5.74) is 0. The average Bonchev–Trinajstić information content (AvgIpc) is 2.38. The molecule has 1 aliphatic rings. The lowest BCUT2D eigenvalue weighted by atomic mass is 10.5. The highest BCUT2D eigenvalue weighted by atomic mass is 33.1. The molecule has 1 aliphatic carbocycles. The molecule has 0 unspecified atom stereocenters. The van der Waals surface area contributed by atoms with Crippen molar-refractivity contribution in [2.75, 3.05) is 7.11 Å². The van der Waals surface area contributed by atoms with Crippen molar-refractivity contribution >= 4 is 30.4 Å². The monoisotopic (exact) mass is 193 g/mol. The molecule has 0 radical (unpaired) electrons. The van der Waals surface area contributed by atoms with Gasteiger partial charge in [0, 0.05) is 6.42 Å². The second-order valence-corrected chi connectivity index (χ2v) is 8.37. The maximum atomic E-state index is 5.15. The largest absolute Gasteiger partial charge is 0.284 e. The van der Waals surface area contributed by atoms with Crippen molar-refractivity contribution in [1.29, 1.82) is 0 Å². The molecule has 4 heteroatoms. The lowest BCUT2D eigenvalue weighted by Crippen LogP contribution is -1.82. The van der Waals surface area contributed by atoms with Crippen molar-refractivity contribution in [3.63, 3.8) is 0 Å². The first-order valence-electron chi connectivity index (χ1n) is 2.93. The van der Waals surface area contributed by atoms with E-state index in [1.165, 1.54) is 5.31 Å². The van der Waals surface area contributed by atoms with Gasteiger partial charge in [-0.05, 0) is 6.08 Å². The molecule has 0 fully saturated rings. The molecule has 0 saturated carbocycles. The van der Waals surface area contributed by atoms with Crippen LogP contribution in [0.3, 0.4) is 0 Å². The summed E-state index contributed by atoms with van der Waals surface area (Å²) < 4.78 is 5.15. The normalized spacial score (nSPS) is 17.7. The summed E-state index contributed by atoms with van der Waals surface area (Å²) in [4.78, 5) is 0. The third kappa shape index (κ3) is 1.79. The van der Waals surface area contributed by atoms with Gasteiger partial charge in [-0.1, -0.05) is 12.2 Å². The maximum absolute atomic E-state index is 5.15. The number of hydrogen-bond acceptors (Lipinski definition) is 3. The highest BCUT2D eigenvalue weighted by Crippen LogP contribution is 2.75. The van der Waals surface area contributed by atoms with Crippen molar-refractivity contribution in [3.05, 3.63) is 23.5 Å². The van der Waals surface area contributed by atoms with E-state index in [4.69, 9.17) is 4.52 Å². The van der Waals surface area contributed by atoms with Crippen LogP contribution in [0.25, 0.3) is 0 Å². The zero-order valence-electron chi connectivity index (χ0n) is 5.69. The quantitative estimate of drug-likeness (QED) is 0.506. The van der Waals surface area contributed by atoms with Crippen molar-refractivity contribution in [1.82, 2.24) is 0 Å². The molecule has 0 aromatic heterocycles. The molecule has 0 saturated heterocycles. The zero-order valence-corrected chi connectivity index (χ0v) is 8.37. The van der Waals surface area contributed by atoms with Crippen molar-refractivity contribution in [2.24, 2.45) is 0 Å². The highest BCUT2D eigenvalue weighted by molar-refractivity contribution is 8.85. The Balaban J connectivity index is 2.65. The second kappa shape index (κ2) is 3.31. The Hall–Kier alpha value is 0.570. The van der Waals surface area contributed by atoms with Gasteiger partial charge in [0.25, 0.3) is 5.89 Å². The van der Waals surface area contributed by atoms with Gasteiger partial charge in [0.2, 0.25) is 0 Å². The summed E-state index contributed by atoms with van der Waals surface area (Å²) in [5, 5.41) is 1.20. The van der Waals surface area contributed by atoms with Gasteiger partial charge in [-0.2, -0.15) is 0 Å². The van der Waals surface area contributed by atoms with Crippen molar-refractivity contribution in [3.8, 4) is 0 Å². The van der Waals surface area contributed by atoms with Gasteiger partial charge in [0.15, 0.2) is 0 Å². The van der Waals surface area contributed by atoms with Crippen LogP contribution in [-0.2, 0) is 4.52 Å².